The summed E-state index contributed by atoms with van der Waals surface area (Å²) in [5.74, 6) is -1.30. The lowest BCUT2D eigenvalue weighted by molar-refractivity contribution is -0.148. The minimum absolute atomic E-state index is 0.0282. The number of amides is 1. The van der Waals surface area contributed by atoms with Crippen molar-refractivity contribution in [2.75, 3.05) is 18.0 Å². The van der Waals surface area contributed by atoms with Gasteiger partial charge in [0.15, 0.2) is 21.3 Å². The summed E-state index contributed by atoms with van der Waals surface area (Å²) in [6.07, 6.45) is -2.29. The summed E-state index contributed by atoms with van der Waals surface area (Å²) in [6, 6.07) is 8.54. The Morgan fingerprint density at radius 2 is 1.76 bits per heavy atom. The van der Waals surface area contributed by atoms with Crippen LogP contribution in [0, 0.1) is 0 Å². The number of aryl methyl sites for hydroxylation is 1. The van der Waals surface area contributed by atoms with Crippen LogP contribution in [-0.2, 0) is 28.7 Å². The summed E-state index contributed by atoms with van der Waals surface area (Å²) in [5, 5.41) is 0.312. The van der Waals surface area contributed by atoms with Gasteiger partial charge in [-0.2, -0.15) is 13.2 Å². The first-order chi connectivity index (χ1) is 19.8. The Kier molecular flexibility index (Phi) is 8.32. The van der Waals surface area contributed by atoms with Crippen molar-refractivity contribution < 1.29 is 27.5 Å². The third kappa shape index (κ3) is 6.45. The molecule has 2 saturated heterocycles. The molecule has 0 radical (unpaired) electrons. The summed E-state index contributed by atoms with van der Waals surface area (Å²) >= 11 is 0.891. The molecule has 0 saturated carbocycles. The molecule has 42 heavy (non-hydrogen) atoms. The highest BCUT2D eigenvalue weighted by atomic mass is 32.1. The maximum Gasteiger partial charge on any atom is 0.449 e. The second kappa shape index (κ2) is 11.7. The van der Waals surface area contributed by atoms with E-state index < -0.39 is 41.3 Å². The normalized spacial score (nSPS) is 19.6. The molecule has 2 aromatic heterocycles. The van der Waals surface area contributed by atoms with E-state index in [-0.39, 0.29) is 22.7 Å². The highest BCUT2D eigenvalue weighted by Gasteiger charge is 2.41. The SMILES string of the molecule is CC(C)(C)OC(=O)N1CCC[C@@H]1Cn1c(C(F)(F)F)nc2sc(N3CCC[C@@H]3C(=O)CCc3ccccc3)nc2c1=O. The molecule has 2 aliphatic rings. The summed E-state index contributed by atoms with van der Waals surface area (Å²) in [5.41, 5.74) is -0.817. The van der Waals surface area contributed by atoms with Crippen LogP contribution in [0.4, 0.5) is 23.1 Å². The van der Waals surface area contributed by atoms with Crippen molar-refractivity contribution in [1.29, 1.82) is 0 Å². The van der Waals surface area contributed by atoms with Gasteiger partial charge in [-0.25, -0.2) is 14.8 Å². The van der Waals surface area contributed by atoms with Gasteiger partial charge in [-0.3, -0.25) is 14.2 Å². The minimum atomic E-state index is -4.91. The van der Waals surface area contributed by atoms with E-state index in [9.17, 15) is 27.6 Å². The zero-order valence-corrected chi connectivity index (χ0v) is 24.6. The Morgan fingerprint density at radius 1 is 1.05 bits per heavy atom. The smallest absolute Gasteiger partial charge is 0.444 e. The van der Waals surface area contributed by atoms with Gasteiger partial charge in [0.1, 0.15) is 5.60 Å². The largest absolute Gasteiger partial charge is 0.449 e. The second-order valence-electron chi connectivity index (χ2n) is 11.8. The van der Waals surface area contributed by atoms with Gasteiger partial charge >= 0.3 is 12.3 Å². The first kappa shape index (κ1) is 30.0. The van der Waals surface area contributed by atoms with Gasteiger partial charge in [0.25, 0.3) is 5.56 Å². The maximum absolute atomic E-state index is 14.2. The quantitative estimate of drug-likeness (QED) is 0.354. The van der Waals surface area contributed by atoms with E-state index in [0.29, 0.717) is 54.9 Å². The lowest BCUT2D eigenvalue weighted by atomic mass is 10.0. The third-order valence-electron chi connectivity index (χ3n) is 7.53. The van der Waals surface area contributed by atoms with E-state index in [4.69, 9.17) is 4.74 Å². The molecule has 1 aromatic carbocycles. The molecule has 5 rings (SSSR count). The van der Waals surface area contributed by atoms with Crippen molar-refractivity contribution >= 4 is 38.7 Å². The van der Waals surface area contributed by atoms with Crippen LogP contribution in [0.25, 0.3) is 10.3 Å². The highest BCUT2D eigenvalue weighted by Crippen LogP contribution is 2.35. The number of fused-ring (bicyclic) bond motifs is 1. The van der Waals surface area contributed by atoms with Gasteiger partial charge in [-0.1, -0.05) is 41.7 Å². The van der Waals surface area contributed by atoms with Crippen LogP contribution in [0.2, 0.25) is 0 Å². The Morgan fingerprint density at radius 3 is 2.45 bits per heavy atom. The van der Waals surface area contributed by atoms with E-state index in [1.165, 1.54) is 4.90 Å². The van der Waals surface area contributed by atoms with E-state index in [1.54, 1.807) is 25.7 Å². The molecule has 2 fully saturated rings. The number of likely N-dealkylation sites (tertiary alicyclic amines) is 1. The molecular formula is C29H34F3N5O4S. The molecule has 9 nitrogen and oxygen atoms in total. The van der Waals surface area contributed by atoms with Crippen molar-refractivity contribution in [1.82, 2.24) is 19.4 Å². The van der Waals surface area contributed by atoms with Crippen LogP contribution in [0.1, 0.15) is 64.3 Å². The molecule has 2 atom stereocenters. The molecule has 13 heteroatoms. The summed E-state index contributed by atoms with van der Waals surface area (Å²) in [4.78, 5) is 50.8. The van der Waals surface area contributed by atoms with E-state index >= 15 is 0 Å². The number of ether oxygens (including phenoxy) is 1. The Labute approximate surface area is 245 Å². The van der Waals surface area contributed by atoms with Gasteiger partial charge in [0.05, 0.1) is 12.1 Å². The van der Waals surface area contributed by atoms with Crippen molar-refractivity contribution in [3.05, 3.63) is 52.1 Å². The molecule has 0 bridgehead atoms. The molecule has 2 aliphatic heterocycles. The molecule has 0 unspecified atom stereocenters. The van der Waals surface area contributed by atoms with E-state index in [1.807, 2.05) is 30.3 Å². The molecule has 0 aliphatic carbocycles. The molecule has 0 N–H and O–H groups in total. The average Bonchev–Trinajstić information content (AvgIpc) is 3.67. The van der Waals surface area contributed by atoms with Gasteiger partial charge in [-0.05, 0) is 58.4 Å². The number of hydrogen-bond donors (Lipinski definition) is 0. The Balaban J connectivity index is 1.42. The van der Waals surface area contributed by atoms with Crippen molar-refractivity contribution in [2.24, 2.45) is 0 Å². The minimum Gasteiger partial charge on any atom is -0.444 e. The van der Waals surface area contributed by atoms with E-state index in [2.05, 4.69) is 9.97 Å². The number of carbonyl (C=O) groups excluding carboxylic acids is 2. The Hall–Kier alpha value is -3.48. The first-order valence-electron chi connectivity index (χ1n) is 14.1. The van der Waals surface area contributed by atoms with Crippen LogP contribution >= 0.6 is 11.3 Å². The summed E-state index contributed by atoms with van der Waals surface area (Å²) in [6.45, 7) is 5.58. The number of hydrogen-bond acceptors (Lipinski definition) is 8. The molecule has 0 spiro atoms. The van der Waals surface area contributed by atoms with Gasteiger partial charge in [-0.15, -0.1) is 0 Å². The number of anilines is 1. The molecule has 1 amide bonds. The number of nitrogens with zero attached hydrogens (tertiary/aromatic N) is 5. The standard InChI is InChI=1S/C29H34F3N5O4S/c1-28(2,3)41-27(40)35-15-7-11-19(35)17-37-24(39)22-23(34-25(37)29(30,31)32)42-26(33-22)36-16-8-12-20(36)21(38)14-13-18-9-5-4-6-10-18/h4-6,9-10,19-20H,7-8,11-17H2,1-3H3/t19-,20-/m1/s1. The zero-order valence-electron chi connectivity index (χ0n) is 23.8. The number of aromatic nitrogens is 3. The van der Waals surface area contributed by atoms with Gasteiger partial charge in [0, 0.05) is 26.1 Å². The van der Waals surface area contributed by atoms with Gasteiger partial charge < -0.3 is 14.5 Å². The van der Waals surface area contributed by atoms with E-state index in [0.717, 1.165) is 23.3 Å². The molecule has 226 valence electrons. The number of carbonyl (C=O) groups is 2. The predicted octanol–water partition coefficient (Wildman–Crippen LogP) is 5.44. The van der Waals surface area contributed by atoms with Crippen molar-refractivity contribution in [3.63, 3.8) is 0 Å². The molecule has 3 aromatic rings. The number of alkyl halides is 3. The summed E-state index contributed by atoms with van der Waals surface area (Å²) < 4.78 is 48.7. The fourth-order valence-corrected chi connectivity index (χ4v) is 6.62. The summed E-state index contributed by atoms with van der Waals surface area (Å²) in [7, 11) is 0. The van der Waals surface area contributed by atoms with Gasteiger partial charge in [0.2, 0.25) is 5.82 Å². The number of Topliss-reactive ketones (excluding diaryl/α,β-unsaturated/α-hetero) is 1. The van der Waals surface area contributed by atoms with Crippen molar-refractivity contribution in [2.45, 2.75) is 89.7 Å². The monoisotopic (exact) mass is 605 g/mol. The fourth-order valence-electron chi connectivity index (χ4n) is 5.61. The number of halogens is 3. The number of thiazole rings is 1. The maximum atomic E-state index is 14.2. The zero-order chi connectivity index (χ0) is 30.2. The van der Waals surface area contributed by atoms with Crippen LogP contribution < -0.4 is 10.5 Å². The average molecular weight is 606 g/mol. The lowest BCUT2D eigenvalue weighted by Crippen LogP contribution is -2.44. The molecule has 4 heterocycles. The number of ketones is 1. The third-order valence-corrected chi connectivity index (χ3v) is 8.52. The van der Waals surface area contributed by atoms with Crippen LogP contribution in [0.3, 0.4) is 0 Å². The van der Waals surface area contributed by atoms with Crippen LogP contribution in [0.5, 0.6) is 0 Å². The molecular weight excluding hydrogens is 571 g/mol. The number of benzene rings is 1. The highest BCUT2D eigenvalue weighted by molar-refractivity contribution is 7.21. The fraction of sp³-hybridized carbons (Fsp3) is 0.552. The predicted molar refractivity (Wildman–Crippen MR) is 153 cm³/mol. The van der Waals surface area contributed by atoms with Crippen LogP contribution in [-0.4, -0.2) is 62.1 Å². The number of rotatable bonds is 7. The second-order valence-corrected chi connectivity index (χ2v) is 12.7. The lowest BCUT2D eigenvalue weighted by Gasteiger charge is -2.29. The Bertz CT molecular complexity index is 1520. The van der Waals surface area contributed by atoms with Crippen LogP contribution in [0.15, 0.2) is 35.1 Å². The topological polar surface area (TPSA) is 97.6 Å². The van der Waals surface area contributed by atoms with Crippen molar-refractivity contribution in [3.8, 4) is 0 Å². The first-order valence-corrected chi connectivity index (χ1v) is 14.9.